The van der Waals surface area contributed by atoms with E-state index in [1.165, 1.54) is 0 Å². The number of rotatable bonds is 2. The van der Waals surface area contributed by atoms with E-state index in [0.717, 1.165) is 10.2 Å². The van der Waals surface area contributed by atoms with Gasteiger partial charge in [0.05, 0.1) is 7.11 Å². The Kier molecular flexibility index (Phi) is 2.70. The summed E-state index contributed by atoms with van der Waals surface area (Å²) < 4.78 is 5.01. The van der Waals surface area contributed by atoms with Crippen LogP contribution in [0, 0.1) is 13.0 Å². The first-order valence-corrected chi connectivity index (χ1v) is 3.94. The van der Waals surface area contributed by atoms with Gasteiger partial charge in [-0.2, -0.15) is 0 Å². The predicted octanol–water partition coefficient (Wildman–Crippen LogP) is 0.532. The molecule has 0 aliphatic heterocycles. The van der Waals surface area contributed by atoms with Crippen LogP contribution in [0.15, 0.2) is 0 Å². The van der Waals surface area contributed by atoms with E-state index >= 15 is 0 Å². The first-order valence-electron chi connectivity index (χ1n) is 2.94. The summed E-state index contributed by atoms with van der Waals surface area (Å²) >= 11 is 0. The quantitative estimate of drug-likeness (QED) is 0.497. The molecule has 49 valence electrons. The van der Waals surface area contributed by atoms with Crippen LogP contribution in [0.2, 0.25) is 0 Å². The van der Waals surface area contributed by atoms with E-state index in [1.807, 2.05) is 0 Å². The third-order valence-electron chi connectivity index (χ3n) is 1.76. The molecule has 0 N–H and O–H groups in total. The van der Waals surface area contributed by atoms with Crippen LogP contribution in [0.4, 0.5) is 0 Å². The van der Waals surface area contributed by atoms with Crippen molar-refractivity contribution in [1.82, 2.24) is 0 Å². The molecular weight excluding hydrogens is 116 g/mol. The fraction of sp³-hybridized carbons (Fsp3) is 0.833. The normalized spacial score (nSPS) is 19.1. The molecular formula is C6H15OSi. The lowest BCUT2D eigenvalue weighted by Gasteiger charge is -2.26. The van der Waals surface area contributed by atoms with Crippen LogP contribution in [0.3, 0.4) is 0 Å². The predicted molar refractivity (Wildman–Crippen MR) is 39.6 cm³/mol. The monoisotopic (exact) mass is 131 g/mol. The highest BCUT2D eigenvalue weighted by Crippen LogP contribution is 2.15. The molecule has 0 bridgehead atoms. The lowest BCUT2D eigenvalue weighted by atomic mass is 10.1. The lowest BCUT2D eigenvalue weighted by molar-refractivity contribution is 0.0700. The molecule has 0 aromatic rings. The smallest absolute Gasteiger partial charge is 0.0703 e. The van der Waals surface area contributed by atoms with Crippen LogP contribution in [-0.2, 0) is 4.74 Å². The fourth-order valence-electron chi connectivity index (χ4n) is 0.167. The molecule has 1 nitrogen and oxygen atoms in total. The van der Waals surface area contributed by atoms with Gasteiger partial charge in [0.15, 0.2) is 0 Å². The van der Waals surface area contributed by atoms with Crippen molar-refractivity contribution >= 4 is 10.2 Å². The minimum atomic E-state index is 0.0694. The largest absolute Gasteiger partial charge is 0.377 e. The molecule has 1 unspecified atom stereocenters. The number of hydrogen-bond acceptors (Lipinski definition) is 1. The summed E-state index contributed by atoms with van der Waals surface area (Å²) in [4.78, 5) is 0. The van der Waals surface area contributed by atoms with E-state index < -0.39 is 0 Å². The fourth-order valence-corrected chi connectivity index (χ4v) is 0.167. The SMILES string of the molecule is [CH2]OC(C)([SiH3])C(C)C. The van der Waals surface area contributed by atoms with Crippen molar-refractivity contribution in [2.24, 2.45) is 5.92 Å². The highest BCUT2D eigenvalue weighted by molar-refractivity contribution is 6.14. The first kappa shape index (κ1) is 8.18. The van der Waals surface area contributed by atoms with Crippen LogP contribution in [0.25, 0.3) is 0 Å². The topological polar surface area (TPSA) is 9.23 Å². The lowest BCUT2D eigenvalue weighted by Crippen LogP contribution is -2.32. The molecule has 0 aromatic heterocycles. The van der Waals surface area contributed by atoms with Gasteiger partial charge >= 0.3 is 0 Å². The van der Waals surface area contributed by atoms with Gasteiger partial charge in [0.2, 0.25) is 0 Å². The van der Waals surface area contributed by atoms with Gasteiger partial charge in [-0.05, 0) is 12.8 Å². The molecule has 0 fully saturated rings. The van der Waals surface area contributed by atoms with E-state index in [0.29, 0.717) is 5.92 Å². The Morgan fingerprint density at radius 2 is 2.00 bits per heavy atom. The molecule has 0 spiro atoms. The zero-order chi connectivity index (χ0) is 6.78. The van der Waals surface area contributed by atoms with Gasteiger partial charge in [0.1, 0.15) is 0 Å². The summed E-state index contributed by atoms with van der Waals surface area (Å²) in [6, 6.07) is 0. The summed E-state index contributed by atoms with van der Waals surface area (Å²) in [5.74, 6) is 0.590. The average Bonchev–Trinajstić information content (AvgIpc) is 1.67. The Labute approximate surface area is 54.8 Å². The Balaban J connectivity index is 3.71. The summed E-state index contributed by atoms with van der Waals surface area (Å²) in [5, 5.41) is 0.0694. The van der Waals surface area contributed by atoms with Gasteiger partial charge in [0, 0.05) is 15.5 Å². The maximum atomic E-state index is 5.01. The molecule has 0 rings (SSSR count). The highest BCUT2D eigenvalue weighted by Gasteiger charge is 2.20. The standard InChI is InChI=1S/C6H15OSi/c1-5(2)6(3,8)7-4/h5H,4H2,1-3,8H3. The zero-order valence-electron chi connectivity index (χ0n) is 6.19. The van der Waals surface area contributed by atoms with Crippen molar-refractivity contribution in [1.29, 1.82) is 0 Å². The van der Waals surface area contributed by atoms with Crippen LogP contribution >= 0.6 is 0 Å². The molecule has 2 heteroatoms. The third kappa shape index (κ3) is 1.97. The third-order valence-corrected chi connectivity index (χ3v) is 3.21. The Hall–Kier alpha value is 0.177. The molecule has 1 radical (unpaired) electrons. The molecule has 0 aliphatic carbocycles. The van der Waals surface area contributed by atoms with Gasteiger partial charge in [-0.1, -0.05) is 13.8 Å². The zero-order valence-corrected chi connectivity index (χ0v) is 8.19. The number of hydrogen-bond donors (Lipinski definition) is 0. The Morgan fingerprint density at radius 3 is 2.00 bits per heavy atom. The Morgan fingerprint density at radius 1 is 1.62 bits per heavy atom. The molecule has 0 saturated heterocycles. The van der Waals surface area contributed by atoms with Crippen molar-refractivity contribution in [3.8, 4) is 0 Å². The summed E-state index contributed by atoms with van der Waals surface area (Å²) in [7, 11) is 4.46. The minimum Gasteiger partial charge on any atom is -0.377 e. The minimum absolute atomic E-state index is 0.0694. The molecule has 0 heterocycles. The van der Waals surface area contributed by atoms with Crippen LogP contribution < -0.4 is 0 Å². The average molecular weight is 131 g/mol. The second-order valence-corrected chi connectivity index (χ2v) is 4.89. The van der Waals surface area contributed by atoms with Gasteiger partial charge in [0.25, 0.3) is 0 Å². The van der Waals surface area contributed by atoms with E-state index in [9.17, 15) is 0 Å². The highest BCUT2D eigenvalue weighted by atomic mass is 28.1. The van der Waals surface area contributed by atoms with Crippen molar-refractivity contribution in [2.45, 2.75) is 26.0 Å². The molecule has 0 aromatic carbocycles. The number of ether oxygens (including phenoxy) is 1. The second-order valence-electron chi connectivity index (χ2n) is 2.90. The van der Waals surface area contributed by atoms with Gasteiger partial charge in [-0.3, -0.25) is 0 Å². The van der Waals surface area contributed by atoms with E-state index in [-0.39, 0.29) is 5.22 Å². The molecule has 0 amide bonds. The molecule has 1 atom stereocenters. The molecule has 8 heavy (non-hydrogen) atoms. The van der Waals surface area contributed by atoms with Crippen LogP contribution in [-0.4, -0.2) is 15.5 Å². The van der Waals surface area contributed by atoms with E-state index in [4.69, 9.17) is 4.74 Å². The molecule has 0 saturated carbocycles. The van der Waals surface area contributed by atoms with Crippen LogP contribution in [0.5, 0.6) is 0 Å². The summed E-state index contributed by atoms with van der Waals surface area (Å²) in [6.07, 6.45) is 0. The maximum Gasteiger partial charge on any atom is 0.0703 e. The van der Waals surface area contributed by atoms with Gasteiger partial charge < -0.3 is 4.74 Å². The summed E-state index contributed by atoms with van der Waals surface area (Å²) in [6.45, 7) is 6.40. The van der Waals surface area contributed by atoms with Crippen molar-refractivity contribution in [2.75, 3.05) is 0 Å². The first-order chi connectivity index (χ1) is 3.50. The van der Waals surface area contributed by atoms with Crippen molar-refractivity contribution in [3.63, 3.8) is 0 Å². The second kappa shape index (κ2) is 2.64. The van der Waals surface area contributed by atoms with Gasteiger partial charge in [-0.15, -0.1) is 0 Å². The Bertz CT molecular complexity index is 68.9. The van der Waals surface area contributed by atoms with Crippen molar-refractivity contribution in [3.05, 3.63) is 7.11 Å². The van der Waals surface area contributed by atoms with Gasteiger partial charge in [-0.25, -0.2) is 0 Å². The van der Waals surface area contributed by atoms with E-state index in [1.54, 1.807) is 0 Å². The maximum absolute atomic E-state index is 5.01. The molecule has 0 aliphatic rings. The van der Waals surface area contributed by atoms with Crippen molar-refractivity contribution < 1.29 is 4.74 Å². The van der Waals surface area contributed by atoms with Crippen LogP contribution in [0.1, 0.15) is 20.8 Å². The van der Waals surface area contributed by atoms with E-state index in [2.05, 4.69) is 27.9 Å². The summed E-state index contributed by atoms with van der Waals surface area (Å²) in [5.41, 5.74) is 0.